The topological polar surface area (TPSA) is 77.9 Å². The first kappa shape index (κ1) is 15.9. The fraction of sp³-hybridized carbons (Fsp3) is 0.583. The van der Waals surface area contributed by atoms with Gasteiger partial charge in [-0.25, -0.2) is 0 Å². The van der Waals surface area contributed by atoms with Crippen molar-refractivity contribution in [2.75, 3.05) is 26.2 Å². The molecule has 0 amide bonds. The number of nitrogens with zero attached hydrogens (tertiary/aromatic N) is 2. The van der Waals surface area contributed by atoms with Crippen molar-refractivity contribution in [1.82, 2.24) is 8.61 Å². The van der Waals surface area contributed by atoms with E-state index >= 15 is 0 Å². The molecule has 0 bridgehead atoms. The standard InChI is InChI=1S/C12H20N2O4S/c1-3-7-13(8-4-2)19(17,18)14-9-5-11(6-10-14)12(15)16/h3-4,11H,1-2,5-10H2,(H,15,16). The largest absolute Gasteiger partial charge is 0.481 e. The number of aliphatic carboxylic acids is 1. The number of rotatable bonds is 7. The summed E-state index contributed by atoms with van der Waals surface area (Å²) in [5, 5.41) is 8.90. The van der Waals surface area contributed by atoms with Crippen LogP contribution in [0.15, 0.2) is 25.3 Å². The predicted octanol–water partition coefficient (Wildman–Crippen LogP) is 0.702. The van der Waals surface area contributed by atoms with Gasteiger partial charge in [-0.3, -0.25) is 4.79 Å². The number of carboxylic acid groups (broad SMARTS) is 1. The molecule has 0 atom stereocenters. The molecule has 1 aliphatic heterocycles. The third kappa shape index (κ3) is 3.89. The van der Waals surface area contributed by atoms with Crippen LogP contribution in [0.25, 0.3) is 0 Å². The molecule has 0 spiro atoms. The lowest BCUT2D eigenvalue weighted by molar-refractivity contribution is -0.142. The lowest BCUT2D eigenvalue weighted by atomic mass is 9.99. The molecule has 0 aromatic rings. The maximum atomic E-state index is 12.4. The summed E-state index contributed by atoms with van der Waals surface area (Å²) in [6.45, 7) is 7.99. The van der Waals surface area contributed by atoms with Crippen LogP contribution < -0.4 is 0 Å². The third-order valence-electron chi connectivity index (χ3n) is 3.12. The van der Waals surface area contributed by atoms with Crippen molar-refractivity contribution >= 4 is 16.2 Å². The highest BCUT2D eigenvalue weighted by Gasteiger charge is 2.33. The summed E-state index contributed by atoms with van der Waals surface area (Å²) in [6.07, 6.45) is 3.74. The summed E-state index contributed by atoms with van der Waals surface area (Å²) >= 11 is 0. The van der Waals surface area contributed by atoms with Gasteiger partial charge in [0.05, 0.1) is 5.92 Å². The van der Waals surface area contributed by atoms with Crippen molar-refractivity contribution in [3.05, 3.63) is 25.3 Å². The Bertz CT molecular complexity index is 429. The summed E-state index contributed by atoms with van der Waals surface area (Å²) in [5.74, 6) is -1.30. The second-order valence-electron chi connectivity index (χ2n) is 4.41. The fourth-order valence-electron chi connectivity index (χ4n) is 2.05. The summed E-state index contributed by atoms with van der Waals surface area (Å²) in [6, 6.07) is 0. The van der Waals surface area contributed by atoms with Crippen molar-refractivity contribution < 1.29 is 18.3 Å². The quantitative estimate of drug-likeness (QED) is 0.700. The average molecular weight is 288 g/mol. The van der Waals surface area contributed by atoms with Gasteiger partial charge in [-0.15, -0.1) is 13.2 Å². The van der Waals surface area contributed by atoms with Crippen LogP contribution in [0, 0.1) is 5.92 Å². The molecule has 0 aromatic heterocycles. The van der Waals surface area contributed by atoms with Gasteiger partial charge in [0.25, 0.3) is 10.2 Å². The van der Waals surface area contributed by atoms with E-state index in [1.54, 1.807) is 0 Å². The molecule has 0 radical (unpaired) electrons. The predicted molar refractivity (Wildman–Crippen MR) is 72.8 cm³/mol. The SMILES string of the molecule is C=CCN(CC=C)S(=O)(=O)N1CCC(C(=O)O)CC1. The van der Waals surface area contributed by atoms with Gasteiger partial charge < -0.3 is 5.11 Å². The van der Waals surface area contributed by atoms with Gasteiger partial charge in [0.1, 0.15) is 0 Å². The van der Waals surface area contributed by atoms with E-state index in [9.17, 15) is 13.2 Å². The molecule has 1 N–H and O–H groups in total. The van der Waals surface area contributed by atoms with E-state index in [4.69, 9.17) is 5.11 Å². The smallest absolute Gasteiger partial charge is 0.306 e. The van der Waals surface area contributed by atoms with Crippen LogP contribution in [0.3, 0.4) is 0 Å². The van der Waals surface area contributed by atoms with Crippen LogP contribution in [0.2, 0.25) is 0 Å². The minimum Gasteiger partial charge on any atom is -0.481 e. The molecule has 1 aliphatic rings. The van der Waals surface area contributed by atoms with Gasteiger partial charge in [0.2, 0.25) is 0 Å². The molecule has 108 valence electrons. The Morgan fingerprint density at radius 1 is 1.26 bits per heavy atom. The zero-order valence-corrected chi connectivity index (χ0v) is 11.7. The molecule has 0 aromatic carbocycles. The molecular weight excluding hydrogens is 268 g/mol. The lowest BCUT2D eigenvalue weighted by Crippen LogP contribution is -2.48. The molecule has 0 unspecified atom stereocenters. The van der Waals surface area contributed by atoms with E-state index in [2.05, 4.69) is 13.2 Å². The highest BCUT2D eigenvalue weighted by Crippen LogP contribution is 2.21. The Hall–Kier alpha value is -1.18. The summed E-state index contributed by atoms with van der Waals surface area (Å²) < 4.78 is 27.3. The van der Waals surface area contributed by atoms with Crippen molar-refractivity contribution in [2.45, 2.75) is 12.8 Å². The van der Waals surface area contributed by atoms with Crippen molar-refractivity contribution in [3.8, 4) is 0 Å². The van der Waals surface area contributed by atoms with Gasteiger partial charge in [-0.1, -0.05) is 12.2 Å². The first-order valence-corrected chi connectivity index (χ1v) is 7.53. The van der Waals surface area contributed by atoms with Gasteiger partial charge in [-0.05, 0) is 12.8 Å². The van der Waals surface area contributed by atoms with Crippen molar-refractivity contribution in [2.24, 2.45) is 5.92 Å². The highest BCUT2D eigenvalue weighted by molar-refractivity contribution is 7.86. The van der Waals surface area contributed by atoms with Crippen LogP contribution >= 0.6 is 0 Å². The Kier molecular flexibility index (Phi) is 5.71. The molecule has 1 fully saturated rings. The molecule has 1 rings (SSSR count). The summed E-state index contributed by atoms with van der Waals surface area (Å²) in [4.78, 5) is 10.8. The van der Waals surface area contributed by atoms with E-state index in [-0.39, 0.29) is 26.2 Å². The Balaban J connectivity index is 2.75. The Morgan fingerprint density at radius 2 is 1.74 bits per heavy atom. The molecule has 0 aliphatic carbocycles. The monoisotopic (exact) mass is 288 g/mol. The van der Waals surface area contributed by atoms with Gasteiger partial charge in [-0.2, -0.15) is 17.0 Å². The molecule has 7 heteroatoms. The van der Waals surface area contributed by atoms with Crippen LogP contribution in [0.1, 0.15) is 12.8 Å². The normalized spacial score (nSPS) is 18.4. The maximum absolute atomic E-state index is 12.4. The number of carboxylic acids is 1. The zero-order valence-electron chi connectivity index (χ0n) is 10.9. The average Bonchev–Trinajstić information content (AvgIpc) is 2.38. The number of hydrogen-bond donors (Lipinski definition) is 1. The van der Waals surface area contributed by atoms with E-state index in [0.29, 0.717) is 12.8 Å². The van der Waals surface area contributed by atoms with E-state index < -0.39 is 22.1 Å². The van der Waals surface area contributed by atoms with Crippen LogP contribution in [-0.2, 0) is 15.0 Å². The van der Waals surface area contributed by atoms with Crippen LogP contribution in [0.5, 0.6) is 0 Å². The van der Waals surface area contributed by atoms with E-state index in [1.165, 1.54) is 20.8 Å². The maximum Gasteiger partial charge on any atom is 0.306 e. The van der Waals surface area contributed by atoms with Crippen LogP contribution in [0.4, 0.5) is 0 Å². The second-order valence-corrected chi connectivity index (χ2v) is 6.34. The summed E-state index contributed by atoms with van der Waals surface area (Å²) in [5.41, 5.74) is 0. The number of piperidine rings is 1. The molecule has 1 saturated heterocycles. The molecule has 19 heavy (non-hydrogen) atoms. The number of hydrogen-bond acceptors (Lipinski definition) is 3. The summed E-state index contributed by atoms with van der Waals surface area (Å²) in [7, 11) is -3.57. The van der Waals surface area contributed by atoms with Gasteiger partial charge in [0.15, 0.2) is 0 Å². The molecule has 6 nitrogen and oxygen atoms in total. The minimum atomic E-state index is -3.57. The van der Waals surface area contributed by atoms with Gasteiger partial charge >= 0.3 is 5.97 Å². The second kappa shape index (κ2) is 6.83. The minimum absolute atomic E-state index is 0.215. The fourth-order valence-corrected chi connectivity index (χ4v) is 3.63. The molecule has 0 saturated carbocycles. The highest BCUT2D eigenvalue weighted by atomic mass is 32.2. The van der Waals surface area contributed by atoms with Crippen molar-refractivity contribution in [3.63, 3.8) is 0 Å². The third-order valence-corrected chi connectivity index (χ3v) is 5.09. The first-order valence-electron chi connectivity index (χ1n) is 6.13. The molecule has 1 heterocycles. The van der Waals surface area contributed by atoms with E-state index in [0.717, 1.165) is 0 Å². The van der Waals surface area contributed by atoms with Gasteiger partial charge in [0, 0.05) is 26.2 Å². The Morgan fingerprint density at radius 3 is 2.11 bits per heavy atom. The first-order chi connectivity index (χ1) is 8.93. The van der Waals surface area contributed by atoms with Crippen LogP contribution in [-0.4, -0.2) is 54.3 Å². The van der Waals surface area contributed by atoms with E-state index in [1.807, 2.05) is 0 Å². The van der Waals surface area contributed by atoms with Crippen molar-refractivity contribution in [1.29, 1.82) is 0 Å². The number of carbonyl (C=O) groups is 1. The zero-order chi connectivity index (χ0) is 14.5. The Labute approximate surface area is 114 Å². The lowest BCUT2D eigenvalue weighted by Gasteiger charge is -2.33. The molecular formula is C12H20N2O4S.